The molecular formula is C16H24O. The highest BCUT2D eigenvalue weighted by Gasteiger charge is 2.40. The van der Waals surface area contributed by atoms with E-state index < -0.39 is 0 Å². The zero-order valence-corrected chi connectivity index (χ0v) is 11.0. The molecule has 1 nitrogen and oxygen atoms in total. The van der Waals surface area contributed by atoms with E-state index in [1.807, 2.05) is 0 Å². The van der Waals surface area contributed by atoms with E-state index in [9.17, 15) is 0 Å². The second-order valence-corrected chi connectivity index (χ2v) is 6.30. The average Bonchev–Trinajstić information content (AvgIpc) is 2.34. The molecule has 1 saturated carbocycles. The lowest BCUT2D eigenvalue weighted by molar-refractivity contribution is -0.0881. The van der Waals surface area contributed by atoms with Crippen LogP contribution in [0.3, 0.4) is 0 Å². The first-order chi connectivity index (χ1) is 8.24. The Labute approximate surface area is 105 Å². The monoisotopic (exact) mass is 232 g/mol. The molecule has 0 amide bonds. The van der Waals surface area contributed by atoms with Gasteiger partial charge < -0.3 is 4.74 Å². The first kappa shape index (κ1) is 11.5. The minimum atomic E-state index is 0.475. The molecule has 0 aromatic rings. The Balaban J connectivity index is 1.74. The zero-order chi connectivity index (χ0) is 11.8. The van der Waals surface area contributed by atoms with Gasteiger partial charge in [-0.15, -0.1) is 0 Å². The molecule has 1 aliphatic heterocycles. The normalized spacial score (nSPS) is 42.2. The van der Waals surface area contributed by atoms with Crippen molar-refractivity contribution in [3.8, 4) is 0 Å². The van der Waals surface area contributed by atoms with E-state index in [0.717, 1.165) is 18.4 Å². The van der Waals surface area contributed by atoms with Gasteiger partial charge in [-0.2, -0.15) is 0 Å². The molecule has 0 aromatic heterocycles. The number of ether oxygens (including phenoxy) is 1. The van der Waals surface area contributed by atoms with Crippen LogP contribution in [-0.4, -0.2) is 12.7 Å². The molecule has 1 saturated heterocycles. The van der Waals surface area contributed by atoms with Crippen molar-refractivity contribution in [2.45, 2.75) is 51.6 Å². The van der Waals surface area contributed by atoms with E-state index in [2.05, 4.69) is 19.6 Å². The van der Waals surface area contributed by atoms with Crippen molar-refractivity contribution in [3.63, 3.8) is 0 Å². The third-order valence-corrected chi connectivity index (χ3v) is 4.99. The van der Waals surface area contributed by atoms with Gasteiger partial charge in [0.2, 0.25) is 0 Å². The summed E-state index contributed by atoms with van der Waals surface area (Å²) >= 11 is 0. The van der Waals surface area contributed by atoms with Crippen LogP contribution in [0.5, 0.6) is 0 Å². The Kier molecular flexibility index (Phi) is 3.12. The van der Waals surface area contributed by atoms with Crippen LogP contribution in [0.15, 0.2) is 23.8 Å². The molecule has 3 aliphatic rings. The fourth-order valence-corrected chi connectivity index (χ4v) is 3.99. The van der Waals surface area contributed by atoms with Gasteiger partial charge in [0, 0.05) is 12.5 Å². The van der Waals surface area contributed by atoms with Crippen LogP contribution in [0.25, 0.3) is 0 Å². The van der Waals surface area contributed by atoms with E-state index >= 15 is 0 Å². The van der Waals surface area contributed by atoms with Gasteiger partial charge in [0.15, 0.2) is 0 Å². The molecule has 0 aromatic carbocycles. The SMILES string of the molecule is C=C1CC[C@H]2CO[C@H]([C@@H]3CCC=C(C)C3)[C@@H]1C2. The fraction of sp³-hybridized carbons (Fsp3) is 0.750. The third kappa shape index (κ3) is 2.22. The summed E-state index contributed by atoms with van der Waals surface area (Å²) in [4.78, 5) is 0. The molecule has 2 bridgehead atoms. The summed E-state index contributed by atoms with van der Waals surface area (Å²) < 4.78 is 6.22. The van der Waals surface area contributed by atoms with Gasteiger partial charge in [-0.25, -0.2) is 0 Å². The van der Waals surface area contributed by atoms with Crippen molar-refractivity contribution in [3.05, 3.63) is 23.8 Å². The van der Waals surface area contributed by atoms with Gasteiger partial charge in [-0.05, 0) is 57.3 Å². The van der Waals surface area contributed by atoms with Crippen LogP contribution in [0, 0.1) is 17.8 Å². The molecule has 0 N–H and O–H groups in total. The van der Waals surface area contributed by atoms with Crippen molar-refractivity contribution >= 4 is 0 Å². The van der Waals surface area contributed by atoms with Crippen LogP contribution in [0.2, 0.25) is 0 Å². The average molecular weight is 232 g/mol. The molecule has 1 heterocycles. The Hall–Kier alpha value is -0.560. The molecule has 3 rings (SSSR count). The second kappa shape index (κ2) is 4.61. The van der Waals surface area contributed by atoms with Crippen LogP contribution < -0.4 is 0 Å². The van der Waals surface area contributed by atoms with Gasteiger partial charge in [0.25, 0.3) is 0 Å². The molecule has 1 heteroatoms. The number of allylic oxidation sites excluding steroid dienone is 2. The van der Waals surface area contributed by atoms with Crippen LogP contribution in [-0.2, 0) is 4.74 Å². The summed E-state index contributed by atoms with van der Waals surface area (Å²) in [6.07, 6.45) is 10.6. The Bertz CT molecular complexity index is 341. The van der Waals surface area contributed by atoms with E-state index in [-0.39, 0.29) is 0 Å². The summed E-state index contributed by atoms with van der Waals surface area (Å²) in [7, 11) is 0. The molecule has 0 unspecified atom stereocenters. The molecular weight excluding hydrogens is 208 g/mol. The molecule has 2 aliphatic carbocycles. The van der Waals surface area contributed by atoms with Crippen molar-refractivity contribution in [2.75, 3.05) is 6.61 Å². The highest BCUT2D eigenvalue weighted by atomic mass is 16.5. The lowest BCUT2D eigenvalue weighted by Crippen LogP contribution is -2.43. The Morgan fingerprint density at radius 2 is 2.24 bits per heavy atom. The molecule has 2 fully saturated rings. The van der Waals surface area contributed by atoms with Crippen molar-refractivity contribution < 1.29 is 4.74 Å². The fourth-order valence-electron chi connectivity index (χ4n) is 3.99. The van der Waals surface area contributed by atoms with Gasteiger partial charge in [-0.3, -0.25) is 0 Å². The van der Waals surface area contributed by atoms with Crippen LogP contribution in [0.4, 0.5) is 0 Å². The summed E-state index contributed by atoms with van der Waals surface area (Å²) in [5.74, 6) is 2.24. The number of hydrogen-bond donors (Lipinski definition) is 0. The van der Waals surface area contributed by atoms with Gasteiger partial charge in [-0.1, -0.05) is 23.8 Å². The van der Waals surface area contributed by atoms with E-state index in [1.54, 1.807) is 5.57 Å². The Morgan fingerprint density at radius 3 is 3.06 bits per heavy atom. The molecule has 4 atom stereocenters. The summed E-state index contributed by atoms with van der Waals surface area (Å²) in [6.45, 7) is 7.58. The predicted molar refractivity (Wildman–Crippen MR) is 70.8 cm³/mol. The van der Waals surface area contributed by atoms with Crippen LogP contribution >= 0.6 is 0 Å². The third-order valence-electron chi connectivity index (χ3n) is 4.99. The minimum Gasteiger partial charge on any atom is -0.377 e. The molecule has 94 valence electrons. The summed E-state index contributed by atoms with van der Waals surface area (Å²) in [5, 5.41) is 0. The predicted octanol–water partition coefficient (Wildman–Crippen LogP) is 4.10. The number of rotatable bonds is 1. The van der Waals surface area contributed by atoms with Crippen molar-refractivity contribution in [1.82, 2.24) is 0 Å². The smallest absolute Gasteiger partial charge is 0.0671 e. The standard InChI is InChI=1S/C16H24O/c1-11-4-3-5-14(8-11)16-15-9-13(10-17-16)7-6-12(15)2/h4,13-16H,2-3,5-10H2,1H3/t13-,14-,15-,16-/m1/s1. The Morgan fingerprint density at radius 1 is 1.35 bits per heavy atom. The first-order valence-electron chi connectivity index (χ1n) is 7.19. The minimum absolute atomic E-state index is 0.475. The van der Waals surface area contributed by atoms with E-state index in [1.165, 1.54) is 44.1 Å². The van der Waals surface area contributed by atoms with Crippen LogP contribution in [0.1, 0.15) is 45.4 Å². The van der Waals surface area contributed by atoms with Crippen molar-refractivity contribution in [1.29, 1.82) is 0 Å². The topological polar surface area (TPSA) is 9.23 Å². The van der Waals surface area contributed by atoms with E-state index in [0.29, 0.717) is 12.0 Å². The second-order valence-electron chi connectivity index (χ2n) is 6.30. The molecule has 0 spiro atoms. The maximum Gasteiger partial charge on any atom is 0.0671 e. The van der Waals surface area contributed by atoms with Gasteiger partial charge in [0.05, 0.1) is 6.10 Å². The molecule has 17 heavy (non-hydrogen) atoms. The number of fused-ring (bicyclic) bond motifs is 2. The van der Waals surface area contributed by atoms with Gasteiger partial charge in [0.1, 0.15) is 0 Å². The summed E-state index contributed by atoms with van der Waals surface area (Å²) in [5.41, 5.74) is 3.03. The van der Waals surface area contributed by atoms with Crippen molar-refractivity contribution in [2.24, 2.45) is 17.8 Å². The first-order valence-corrected chi connectivity index (χ1v) is 7.19. The van der Waals surface area contributed by atoms with Gasteiger partial charge >= 0.3 is 0 Å². The number of hydrogen-bond acceptors (Lipinski definition) is 1. The highest BCUT2D eigenvalue weighted by molar-refractivity contribution is 5.13. The lowest BCUT2D eigenvalue weighted by atomic mass is 9.69. The zero-order valence-electron chi connectivity index (χ0n) is 11.0. The maximum absolute atomic E-state index is 6.22. The lowest BCUT2D eigenvalue weighted by Gasteiger charge is -2.45. The largest absolute Gasteiger partial charge is 0.377 e. The quantitative estimate of drug-likeness (QED) is 0.618. The highest BCUT2D eigenvalue weighted by Crippen LogP contribution is 2.44. The van der Waals surface area contributed by atoms with E-state index in [4.69, 9.17) is 4.74 Å². The molecule has 0 radical (unpaired) electrons. The maximum atomic E-state index is 6.22. The summed E-state index contributed by atoms with van der Waals surface area (Å²) in [6, 6.07) is 0.